The number of para-hydroxylation sites is 1. The van der Waals surface area contributed by atoms with Crippen LogP contribution < -0.4 is 10.1 Å². The molecule has 4 aromatic rings. The molecular weight excluding hydrogens is 402 g/mol. The number of hydrogen-bond acceptors (Lipinski definition) is 7. The van der Waals surface area contributed by atoms with Crippen LogP contribution in [0.3, 0.4) is 0 Å². The van der Waals surface area contributed by atoms with Crippen molar-refractivity contribution in [2.75, 3.05) is 17.7 Å². The molecular formula is C22H21N3O4S. The smallest absolute Gasteiger partial charge is 0.322 e. The standard InChI is InChI=1S/C22H21N3O4S/c1-3-27-17-7-5-6-15-13-18(28-20(15)17)21-24-25-22(29-21)23-19(26)12-14-8-10-16(11-9-14)30-4-2/h5-11,13H,3-4,12H2,1-2H3,(H,23,25,26). The Balaban J connectivity index is 1.44. The van der Waals surface area contributed by atoms with E-state index in [4.69, 9.17) is 13.6 Å². The molecule has 0 saturated heterocycles. The lowest BCUT2D eigenvalue weighted by Crippen LogP contribution is -2.14. The van der Waals surface area contributed by atoms with Gasteiger partial charge in [0.25, 0.3) is 5.89 Å². The van der Waals surface area contributed by atoms with E-state index in [2.05, 4.69) is 22.4 Å². The fourth-order valence-corrected chi connectivity index (χ4v) is 3.67. The highest BCUT2D eigenvalue weighted by Crippen LogP contribution is 2.33. The Labute approximate surface area is 177 Å². The van der Waals surface area contributed by atoms with Crippen LogP contribution in [-0.4, -0.2) is 28.5 Å². The maximum atomic E-state index is 12.3. The number of amides is 1. The summed E-state index contributed by atoms with van der Waals surface area (Å²) >= 11 is 1.76. The molecule has 2 aromatic heterocycles. The minimum atomic E-state index is -0.232. The van der Waals surface area contributed by atoms with Gasteiger partial charge in [-0.3, -0.25) is 10.1 Å². The number of thioether (sulfide) groups is 1. The molecule has 2 aromatic carbocycles. The molecule has 1 N–H and O–H groups in total. The number of carbonyl (C=O) groups excluding carboxylic acids is 1. The first-order chi connectivity index (χ1) is 14.7. The molecule has 30 heavy (non-hydrogen) atoms. The van der Waals surface area contributed by atoms with E-state index in [1.54, 1.807) is 17.8 Å². The number of rotatable bonds is 8. The maximum absolute atomic E-state index is 12.3. The second-order valence-electron chi connectivity index (χ2n) is 6.43. The van der Waals surface area contributed by atoms with E-state index in [0.717, 1.165) is 16.7 Å². The highest BCUT2D eigenvalue weighted by atomic mass is 32.2. The van der Waals surface area contributed by atoms with Crippen LogP contribution in [0.25, 0.3) is 22.6 Å². The number of aromatic nitrogens is 2. The second-order valence-corrected chi connectivity index (χ2v) is 7.77. The van der Waals surface area contributed by atoms with Crippen molar-refractivity contribution < 1.29 is 18.4 Å². The maximum Gasteiger partial charge on any atom is 0.322 e. The van der Waals surface area contributed by atoms with E-state index in [0.29, 0.717) is 23.7 Å². The van der Waals surface area contributed by atoms with Gasteiger partial charge in [0.15, 0.2) is 17.1 Å². The minimum Gasteiger partial charge on any atom is -0.490 e. The van der Waals surface area contributed by atoms with Gasteiger partial charge in [0, 0.05) is 10.3 Å². The van der Waals surface area contributed by atoms with Crippen molar-refractivity contribution in [3.63, 3.8) is 0 Å². The molecule has 0 spiro atoms. The summed E-state index contributed by atoms with van der Waals surface area (Å²) in [6.07, 6.45) is 0.219. The SMILES string of the molecule is CCOc1cccc2cc(-c3nnc(NC(=O)Cc4ccc(SCC)cc4)o3)oc12. The molecule has 0 radical (unpaired) electrons. The van der Waals surface area contributed by atoms with Crippen molar-refractivity contribution in [1.82, 2.24) is 10.2 Å². The zero-order chi connectivity index (χ0) is 20.9. The molecule has 8 heteroatoms. The van der Waals surface area contributed by atoms with E-state index < -0.39 is 0 Å². The van der Waals surface area contributed by atoms with Crippen molar-refractivity contribution in [3.05, 3.63) is 54.1 Å². The van der Waals surface area contributed by atoms with Gasteiger partial charge in [0.05, 0.1) is 13.0 Å². The monoisotopic (exact) mass is 423 g/mol. The predicted molar refractivity (Wildman–Crippen MR) is 116 cm³/mol. The van der Waals surface area contributed by atoms with Gasteiger partial charge < -0.3 is 13.6 Å². The number of nitrogens with one attached hydrogen (secondary N) is 1. The fraction of sp³-hybridized carbons (Fsp3) is 0.227. The third-order valence-electron chi connectivity index (χ3n) is 4.29. The summed E-state index contributed by atoms with van der Waals surface area (Å²) in [6.45, 7) is 4.55. The average Bonchev–Trinajstić information content (AvgIpc) is 3.37. The number of carbonyl (C=O) groups is 1. The quantitative estimate of drug-likeness (QED) is 0.391. The first-order valence-electron chi connectivity index (χ1n) is 9.67. The summed E-state index contributed by atoms with van der Waals surface area (Å²) in [7, 11) is 0. The Morgan fingerprint density at radius 2 is 1.93 bits per heavy atom. The number of fused-ring (bicyclic) bond motifs is 1. The normalized spacial score (nSPS) is 11.0. The highest BCUT2D eigenvalue weighted by molar-refractivity contribution is 7.99. The number of furan rings is 1. The van der Waals surface area contributed by atoms with E-state index >= 15 is 0 Å². The second kappa shape index (κ2) is 9.04. The summed E-state index contributed by atoms with van der Waals surface area (Å²) in [5.41, 5.74) is 1.52. The van der Waals surface area contributed by atoms with Crippen LogP contribution >= 0.6 is 11.8 Å². The van der Waals surface area contributed by atoms with Gasteiger partial charge in [-0.05, 0) is 42.5 Å². The summed E-state index contributed by atoms with van der Waals surface area (Å²) in [4.78, 5) is 13.5. The number of anilines is 1. The number of hydrogen-bond donors (Lipinski definition) is 1. The van der Waals surface area contributed by atoms with E-state index in [1.807, 2.05) is 49.4 Å². The van der Waals surface area contributed by atoms with Gasteiger partial charge in [0.1, 0.15) is 0 Å². The zero-order valence-electron chi connectivity index (χ0n) is 16.7. The largest absolute Gasteiger partial charge is 0.490 e. The van der Waals surface area contributed by atoms with Crippen molar-refractivity contribution >= 4 is 34.7 Å². The van der Waals surface area contributed by atoms with Gasteiger partial charge in [-0.15, -0.1) is 16.9 Å². The number of ether oxygens (including phenoxy) is 1. The third kappa shape index (κ3) is 4.49. The lowest BCUT2D eigenvalue weighted by Gasteiger charge is -2.03. The van der Waals surface area contributed by atoms with E-state index in [1.165, 1.54) is 4.90 Å². The molecule has 154 valence electrons. The molecule has 0 saturated carbocycles. The van der Waals surface area contributed by atoms with Crippen LogP contribution in [0.15, 0.2) is 62.3 Å². The first kappa shape index (κ1) is 20.0. The van der Waals surface area contributed by atoms with Gasteiger partial charge in [-0.1, -0.05) is 36.3 Å². The molecule has 0 atom stereocenters. The summed E-state index contributed by atoms with van der Waals surface area (Å²) < 4.78 is 17.0. The summed E-state index contributed by atoms with van der Waals surface area (Å²) in [6, 6.07) is 15.4. The van der Waals surface area contributed by atoms with Crippen LogP contribution in [0.4, 0.5) is 6.01 Å². The third-order valence-corrected chi connectivity index (χ3v) is 5.18. The average molecular weight is 423 g/mol. The van der Waals surface area contributed by atoms with Gasteiger partial charge in [-0.2, -0.15) is 0 Å². The lowest BCUT2D eigenvalue weighted by molar-refractivity contribution is -0.115. The molecule has 1 amide bonds. The zero-order valence-corrected chi connectivity index (χ0v) is 17.5. The Morgan fingerprint density at radius 3 is 2.70 bits per heavy atom. The molecule has 0 aliphatic carbocycles. The summed E-state index contributed by atoms with van der Waals surface area (Å²) in [5.74, 6) is 2.03. The van der Waals surface area contributed by atoms with Gasteiger partial charge in [-0.25, -0.2) is 0 Å². The summed E-state index contributed by atoms with van der Waals surface area (Å²) in [5, 5.41) is 11.4. The van der Waals surface area contributed by atoms with Crippen molar-refractivity contribution in [2.45, 2.75) is 25.2 Å². The van der Waals surface area contributed by atoms with Crippen molar-refractivity contribution in [2.24, 2.45) is 0 Å². The molecule has 2 heterocycles. The van der Waals surface area contributed by atoms with Crippen LogP contribution in [0, 0.1) is 0 Å². The molecule has 0 aliphatic heterocycles. The van der Waals surface area contributed by atoms with E-state index in [-0.39, 0.29) is 24.2 Å². The Bertz CT molecular complexity index is 1150. The molecule has 0 unspecified atom stereocenters. The van der Waals surface area contributed by atoms with Crippen LogP contribution in [0.1, 0.15) is 19.4 Å². The molecule has 0 aliphatic rings. The number of benzene rings is 2. The molecule has 4 rings (SSSR count). The first-order valence-corrected chi connectivity index (χ1v) is 10.7. The Hall–Kier alpha value is -3.26. The van der Waals surface area contributed by atoms with Crippen molar-refractivity contribution in [1.29, 1.82) is 0 Å². The molecule has 0 bridgehead atoms. The topological polar surface area (TPSA) is 90.4 Å². The lowest BCUT2D eigenvalue weighted by atomic mass is 10.1. The van der Waals surface area contributed by atoms with Crippen LogP contribution in [-0.2, 0) is 11.2 Å². The highest BCUT2D eigenvalue weighted by Gasteiger charge is 2.17. The Morgan fingerprint density at radius 1 is 1.10 bits per heavy atom. The van der Waals surface area contributed by atoms with Crippen molar-refractivity contribution in [3.8, 4) is 17.4 Å². The number of nitrogens with zero attached hydrogens (tertiary/aromatic N) is 2. The van der Waals surface area contributed by atoms with E-state index in [9.17, 15) is 4.79 Å². The van der Waals surface area contributed by atoms with Gasteiger partial charge >= 0.3 is 6.01 Å². The van der Waals surface area contributed by atoms with Gasteiger partial charge in [0.2, 0.25) is 5.91 Å². The fourth-order valence-electron chi connectivity index (χ4n) is 3.00. The Kier molecular flexibility index (Phi) is 6.04. The predicted octanol–water partition coefficient (Wildman–Crippen LogP) is 5.17. The van der Waals surface area contributed by atoms with Crippen LogP contribution in [0.2, 0.25) is 0 Å². The molecule has 7 nitrogen and oxygen atoms in total. The van der Waals surface area contributed by atoms with Crippen LogP contribution in [0.5, 0.6) is 5.75 Å². The minimum absolute atomic E-state index is 0.0265. The molecule has 0 fully saturated rings.